The standard InChI is InChI=1S/C12H9FN2O2/c1-17-12(16)9-5-8(6-14-7-9)10-3-2-4-15-11(10)13/h2-7H,1H3. The zero-order valence-corrected chi connectivity index (χ0v) is 9.05. The van der Waals surface area contributed by atoms with Gasteiger partial charge in [0.05, 0.1) is 12.7 Å². The zero-order valence-electron chi connectivity index (χ0n) is 9.05. The van der Waals surface area contributed by atoms with E-state index in [9.17, 15) is 9.18 Å². The van der Waals surface area contributed by atoms with Gasteiger partial charge in [0, 0.05) is 29.7 Å². The normalized spacial score (nSPS) is 10.0. The molecule has 0 unspecified atom stereocenters. The molecule has 0 atom stereocenters. The van der Waals surface area contributed by atoms with E-state index in [0.717, 1.165) is 0 Å². The fourth-order valence-electron chi connectivity index (χ4n) is 1.42. The van der Waals surface area contributed by atoms with E-state index >= 15 is 0 Å². The Morgan fingerprint density at radius 3 is 2.94 bits per heavy atom. The number of hydrogen-bond acceptors (Lipinski definition) is 4. The van der Waals surface area contributed by atoms with Gasteiger partial charge in [0.15, 0.2) is 0 Å². The summed E-state index contributed by atoms with van der Waals surface area (Å²) in [6, 6.07) is 4.70. The van der Waals surface area contributed by atoms with Crippen molar-refractivity contribution in [3.8, 4) is 11.1 Å². The van der Waals surface area contributed by atoms with E-state index in [0.29, 0.717) is 11.1 Å². The largest absolute Gasteiger partial charge is 0.465 e. The van der Waals surface area contributed by atoms with Crippen molar-refractivity contribution < 1.29 is 13.9 Å². The van der Waals surface area contributed by atoms with Gasteiger partial charge in [-0.15, -0.1) is 0 Å². The van der Waals surface area contributed by atoms with Crippen molar-refractivity contribution >= 4 is 5.97 Å². The van der Waals surface area contributed by atoms with E-state index in [2.05, 4.69) is 14.7 Å². The first-order valence-corrected chi connectivity index (χ1v) is 4.86. The van der Waals surface area contributed by atoms with Gasteiger partial charge >= 0.3 is 5.97 Å². The second-order valence-corrected chi connectivity index (χ2v) is 3.30. The van der Waals surface area contributed by atoms with Gasteiger partial charge in [-0.25, -0.2) is 9.78 Å². The lowest BCUT2D eigenvalue weighted by Gasteiger charge is -2.03. The van der Waals surface area contributed by atoms with Crippen LogP contribution in [0.2, 0.25) is 0 Å². The topological polar surface area (TPSA) is 52.1 Å². The summed E-state index contributed by atoms with van der Waals surface area (Å²) in [5.74, 6) is -1.11. The van der Waals surface area contributed by atoms with E-state index < -0.39 is 11.9 Å². The molecule has 0 amide bonds. The summed E-state index contributed by atoms with van der Waals surface area (Å²) < 4.78 is 18.0. The van der Waals surface area contributed by atoms with Crippen molar-refractivity contribution in [3.63, 3.8) is 0 Å². The Morgan fingerprint density at radius 1 is 1.41 bits per heavy atom. The van der Waals surface area contributed by atoms with Gasteiger partial charge in [0.1, 0.15) is 0 Å². The van der Waals surface area contributed by atoms with E-state index in [1.807, 2.05) is 0 Å². The third-order valence-corrected chi connectivity index (χ3v) is 2.23. The summed E-state index contributed by atoms with van der Waals surface area (Å²) in [4.78, 5) is 18.7. The first-order chi connectivity index (χ1) is 8.22. The van der Waals surface area contributed by atoms with Crippen LogP contribution >= 0.6 is 0 Å². The number of hydrogen-bond donors (Lipinski definition) is 0. The number of carbonyl (C=O) groups excluding carboxylic acids is 1. The molecular formula is C12H9FN2O2. The van der Waals surface area contributed by atoms with Gasteiger partial charge in [-0.1, -0.05) is 0 Å². The average molecular weight is 232 g/mol. The highest BCUT2D eigenvalue weighted by Gasteiger charge is 2.10. The SMILES string of the molecule is COC(=O)c1cncc(-c2cccnc2F)c1. The highest BCUT2D eigenvalue weighted by molar-refractivity contribution is 5.90. The van der Waals surface area contributed by atoms with Crippen molar-refractivity contribution in [2.75, 3.05) is 7.11 Å². The van der Waals surface area contributed by atoms with Gasteiger partial charge in [0.25, 0.3) is 0 Å². The lowest BCUT2D eigenvalue weighted by Crippen LogP contribution is -2.02. The van der Waals surface area contributed by atoms with Crippen LogP contribution in [0.25, 0.3) is 11.1 Å². The van der Waals surface area contributed by atoms with Crippen LogP contribution in [0.4, 0.5) is 4.39 Å². The number of methoxy groups -OCH3 is 1. The van der Waals surface area contributed by atoms with Gasteiger partial charge in [-0.2, -0.15) is 4.39 Å². The number of rotatable bonds is 2. The van der Waals surface area contributed by atoms with Crippen LogP contribution in [-0.4, -0.2) is 23.0 Å². The monoisotopic (exact) mass is 232 g/mol. The Balaban J connectivity index is 2.47. The van der Waals surface area contributed by atoms with Crippen molar-refractivity contribution in [3.05, 3.63) is 48.3 Å². The number of pyridine rings is 2. The number of carbonyl (C=O) groups is 1. The molecular weight excluding hydrogens is 223 g/mol. The third kappa shape index (κ3) is 2.28. The van der Waals surface area contributed by atoms with Gasteiger partial charge in [-0.3, -0.25) is 4.98 Å². The van der Waals surface area contributed by atoms with Gasteiger partial charge in [-0.05, 0) is 18.2 Å². The minimum atomic E-state index is -0.601. The van der Waals surface area contributed by atoms with Crippen LogP contribution in [0.1, 0.15) is 10.4 Å². The van der Waals surface area contributed by atoms with Crippen LogP contribution in [0.5, 0.6) is 0 Å². The van der Waals surface area contributed by atoms with Crippen molar-refractivity contribution in [2.45, 2.75) is 0 Å². The minimum absolute atomic E-state index is 0.272. The Labute approximate surface area is 97.1 Å². The number of ether oxygens (including phenoxy) is 1. The lowest BCUT2D eigenvalue weighted by atomic mass is 10.1. The summed E-state index contributed by atoms with van der Waals surface area (Å²) in [7, 11) is 1.28. The number of nitrogens with zero attached hydrogens (tertiary/aromatic N) is 2. The summed E-state index contributed by atoms with van der Waals surface area (Å²) in [5, 5.41) is 0. The third-order valence-electron chi connectivity index (χ3n) is 2.23. The van der Waals surface area contributed by atoms with E-state index in [4.69, 9.17) is 0 Å². The summed E-state index contributed by atoms with van der Waals surface area (Å²) in [5.41, 5.74) is 1.05. The maximum atomic E-state index is 13.4. The molecule has 0 N–H and O–H groups in total. The molecule has 4 nitrogen and oxygen atoms in total. The highest BCUT2D eigenvalue weighted by Crippen LogP contribution is 2.21. The molecule has 0 aliphatic heterocycles. The zero-order chi connectivity index (χ0) is 12.3. The quantitative estimate of drug-likeness (QED) is 0.587. The molecule has 0 saturated heterocycles. The first kappa shape index (κ1) is 11.2. The Bertz CT molecular complexity index is 558. The van der Waals surface area contributed by atoms with Crippen LogP contribution < -0.4 is 0 Å². The predicted octanol–water partition coefficient (Wildman–Crippen LogP) is 2.07. The highest BCUT2D eigenvalue weighted by atomic mass is 19.1. The molecule has 2 aromatic rings. The minimum Gasteiger partial charge on any atom is -0.465 e. The molecule has 0 radical (unpaired) electrons. The van der Waals surface area contributed by atoms with E-state index in [1.54, 1.807) is 12.1 Å². The Morgan fingerprint density at radius 2 is 2.24 bits per heavy atom. The molecule has 0 spiro atoms. The molecule has 0 bridgehead atoms. The van der Waals surface area contributed by atoms with Crippen molar-refractivity contribution in [1.82, 2.24) is 9.97 Å². The molecule has 5 heteroatoms. The number of esters is 1. The van der Waals surface area contributed by atoms with Crippen molar-refractivity contribution in [2.24, 2.45) is 0 Å². The molecule has 2 rings (SSSR count). The summed E-state index contributed by atoms with van der Waals surface area (Å²) in [6.07, 6.45) is 4.19. The maximum absolute atomic E-state index is 13.4. The molecule has 0 aliphatic rings. The second kappa shape index (κ2) is 4.69. The molecule has 0 fully saturated rings. The first-order valence-electron chi connectivity index (χ1n) is 4.86. The molecule has 0 aromatic carbocycles. The molecule has 2 heterocycles. The van der Waals surface area contributed by atoms with Gasteiger partial charge in [0.2, 0.25) is 5.95 Å². The molecule has 0 aliphatic carbocycles. The second-order valence-electron chi connectivity index (χ2n) is 3.30. The predicted molar refractivity (Wildman–Crippen MR) is 58.8 cm³/mol. The van der Waals surface area contributed by atoms with Crippen molar-refractivity contribution in [1.29, 1.82) is 0 Å². The van der Waals surface area contributed by atoms with Crippen LogP contribution in [-0.2, 0) is 4.74 Å². The fourth-order valence-corrected chi connectivity index (χ4v) is 1.42. The molecule has 86 valence electrons. The Hall–Kier alpha value is -2.30. The smallest absolute Gasteiger partial charge is 0.339 e. The maximum Gasteiger partial charge on any atom is 0.339 e. The van der Waals surface area contributed by atoms with Crippen LogP contribution in [0, 0.1) is 5.95 Å². The number of aromatic nitrogens is 2. The Kier molecular flexibility index (Phi) is 3.09. The van der Waals surface area contributed by atoms with Crippen LogP contribution in [0.15, 0.2) is 36.8 Å². The fraction of sp³-hybridized carbons (Fsp3) is 0.0833. The molecule has 2 aromatic heterocycles. The van der Waals surface area contributed by atoms with Crippen LogP contribution in [0.3, 0.4) is 0 Å². The molecule has 17 heavy (non-hydrogen) atoms. The van der Waals surface area contributed by atoms with E-state index in [-0.39, 0.29) is 5.56 Å². The molecule has 0 saturated carbocycles. The lowest BCUT2D eigenvalue weighted by molar-refractivity contribution is 0.0600. The van der Waals surface area contributed by atoms with Gasteiger partial charge < -0.3 is 4.74 Å². The summed E-state index contributed by atoms with van der Waals surface area (Å²) >= 11 is 0. The van der Waals surface area contributed by atoms with E-state index in [1.165, 1.54) is 31.8 Å². The number of halogens is 1. The average Bonchev–Trinajstić information content (AvgIpc) is 2.38. The summed E-state index contributed by atoms with van der Waals surface area (Å²) in [6.45, 7) is 0.